The summed E-state index contributed by atoms with van der Waals surface area (Å²) >= 11 is 9.29. The Bertz CT molecular complexity index is 1240. The summed E-state index contributed by atoms with van der Waals surface area (Å²) in [5.41, 5.74) is 1.74. The van der Waals surface area contributed by atoms with Gasteiger partial charge in [-0.1, -0.05) is 35.9 Å². The van der Waals surface area contributed by atoms with Gasteiger partial charge in [-0.25, -0.2) is 0 Å². The highest BCUT2D eigenvalue weighted by Crippen LogP contribution is 2.22. The second-order valence-electron chi connectivity index (χ2n) is 6.76. The number of amides is 2. The summed E-state index contributed by atoms with van der Waals surface area (Å²) in [6.07, 6.45) is 1.38. The Morgan fingerprint density at radius 3 is 2.50 bits per heavy atom. The van der Waals surface area contributed by atoms with Crippen LogP contribution in [-0.4, -0.2) is 16.7 Å². The summed E-state index contributed by atoms with van der Waals surface area (Å²) in [5.74, 6) is -1.11. The number of carbonyl (C=O) groups is 2. The van der Waals surface area contributed by atoms with Crippen LogP contribution in [0.25, 0.3) is 6.08 Å². The van der Waals surface area contributed by atoms with Crippen molar-refractivity contribution in [2.75, 3.05) is 5.32 Å². The van der Waals surface area contributed by atoms with Gasteiger partial charge in [-0.2, -0.15) is 0 Å². The van der Waals surface area contributed by atoms with E-state index in [1.807, 2.05) is 0 Å². The summed E-state index contributed by atoms with van der Waals surface area (Å²) in [4.78, 5) is 36.4. The van der Waals surface area contributed by atoms with Crippen molar-refractivity contribution in [2.45, 2.75) is 6.92 Å². The molecule has 0 atom stereocenters. The van der Waals surface area contributed by atoms with Crippen LogP contribution in [0.15, 0.2) is 76.9 Å². The second-order valence-corrected chi connectivity index (χ2v) is 8.05. The number of halogens is 2. The molecule has 0 bridgehead atoms. The molecular weight excluding hydrogens is 498 g/mol. The molecule has 0 radical (unpaired) electrons. The zero-order valence-electron chi connectivity index (χ0n) is 16.8. The molecule has 0 saturated carbocycles. The van der Waals surface area contributed by atoms with Gasteiger partial charge in [0.15, 0.2) is 0 Å². The van der Waals surface area contributed by atoms with Crippen LogP contribution in [0.1, 0.15) is 21.5 Å². The molecule has 0 aliphatic rings. The van der Waals surface area contributed by atoms with Gasteiger partial charge in [0.05, 0.1) is 10.5 Å². The van der Waals surface area contributed by atoms with Crippen LogP contribution in [0.5, 0.6) is 0 Å². The predicted octanol–water partition coefficient (Wildman–Crippen LogP) is 5.73. The largest absolute Gasteiger partial charge is 0.320 e. The van der Waals surface area contributed by atoms with Crippen molar-refractivity contribution in [3.05, 3.63) is 109 Å². The van der Waals surface area contributed by atoms with E-state index in [4.69, 9.17) is 11.6 Å². The Kier molecular flexibility index (Phi) is 7.40. The number of benzene rings is 3. The molecular formula is C23H17BrClN3O4. The molecule has 0 saturated heterocycles. The van der Waals surface area contributed by atoms with Gasteiger partial charge in [-0.3, -0.25) is 19.7 Å². The Morgan fingerprint density at radius 1 is 1.06 bits per heavy atom. The summed E-state index contributed by atoms with van der Waals surface area (Å²) in [5, 5.41) is 17.0. The first-order valence-corrected chi connectivity index (χ1v) is 10.5. The number of hydrogen-bond acceptors (Lipinski definition) is 4. The third kappa shape index (κ3) is 5.81. The molecule has 0 aromatic heterocycles. The molecule has 2 N–H and O–H groups in total. The molecule has 3 aromatic carbocycles. The van der Waals surface area contributed by atoms with E-state index < -0.39 is 16.7 Å². The molecule has 3 aromatic rings. The average molecular weight is 515 g/mol. The maximum Gasteiger partial charge on any atom is 0.272 e. The lowest BCUT2D eigenvalue weighted by Crippen LogP contribution is -2.31. The van der Waals surface area contributed by atoms with Crippen molar-refractivity contribution in [2.24, 2.45) is 0 Å². The van der Waals surface area contributed by atoms with Crippen molar-refractivity contribution >= 4 is 56.8 Å². The van der Waals surface area contributed by atoms with Crippen molar-refractivity contribution in [1.82, 2.24) is 5.32 Å². The fourth-order valence-electron chi connectivity index (χ4n) is 2.85. The van der Waals surface area contributed by atoms with E-state index >= 15 is 0 Å². The number of non-ortho nitro benzene ring substituents is 1. The normalized spacial score (nSPS) is 11.0. The van der Waals surface area contributed by atoms with Gasteiger partial charge >= 0.3 is 0 Å². The third-order valence-electron chi connectivity index (χ3n) is 4.44. The van der Waals surface area contributed by atoms with Gasteiger partial charge in [0.25, 0.3) is 17.5 Å². The summed E-state index contributed by atoms with van der Waals surface area (Å²) in [7, 11) is 0. The molecule has 162 valence electrons. The van der Waals surface area contributed by atoms with E-state index in [0.29, 0.717) is 26.3 Å². The first-order valence-electron chi connectivity index (χ1n) is 9.34. The smallest absolute Gasteiger partial charge is 0.272 e. The van der Waals surface area contributed by atoms with Crippen molar-refractivity contribution in [1.29, 1.82) is 0 Å². The lowest BCUT2D eigenvalue weighted by atomic mass is 10.1. The average Bonchev–Trinajstić information content (AvgIpc) is 2.75. The van der Waals surface area contributed by atoms with E-state index in [9.17, 15) is 19.7 Å². The summed E-state index contributed by atoms with van der Waals surface area (Å²) < 4.78 is 0.557. The molecule has 7 nitrogen and oxygen atoms in total. The molecule has 0 fully saturated rings. The molecule has 0 spiro atoms. The predicted molar refractivity (Wildman–Crippen MR) is 128 cm³/mol. The second kappa shape index (κ2) is 10.2. The SMILES string of the molecule is Cc1cc(Cl)ccc1NC(=O)C(=Cc1cccc([N+](=O)[O-])c1)NC(=O)c1ccccc1Br. The Labute approximate surface area is 197 Å². The molecule has 0 aliphatic carbocycles. The highest BCUT2D eigenvalue weighted by Gasteiger charge is 2.18. The van der Waals surface area contributed by atoms with Crippen LogP contribution in [0.3, 0.4) is 0 Å². The van der Waals surface area contributed by atoms with Crippen LogP contribution >= 0.6 is 27.5 Å². The zero-order chi connectivity index (χ0) is 23.3. The van der Waals surface area contributed by atoms with Gasteiger partial charge < -0.3 is 10.6 Å². The first kappa shape index (κ1) is 23.2. The number of aryl methyl sites for hydroxylation is 1. The van der Waals surface area contributed by atoms with Crippen LogP contribution in [0.2, 0.25) is 5.02 Å². The topological polar surface area (TPSA) is 101 Å². The monoisotopic (exact) mass is 513 g/mol. The lowest BCUT2D eigenvalue weighted by molar-refractivity contribution is -0.384. The number of nitro benzene ring substituents is 1. The van der Waals surface area contributed by atoms with Crippen LogP contribution in [0.4, 0.5) is 11.4 Å². The minimum Gasteiger partial charge on any atom is -0.320 e. The van der Waals surface area contributed by atoms with E-state index in [1.165, 1.54) is 24.3 Å². The quantitative estimate of drug-likeness (QED) is 0.249. The maximum atomic E-state index is 13.1. The standard InChI is InChI=1S/C23H17BrClN3O4/c1-14-11-16(25)9-10-20(14)26-23(30)21(13-15-5-4-6-17(12-15)28(31)32)27-22(29)18-7-2-3-8-19(18)24/h2-13H,1H3,(H,26,30)(H,27,29). The van der Waals surface area contributed by atoms with Crippen molar-refractivity contribution in [3.8, 4) is 0 Å². The Balaban J connectivity index is 1.97. The lowest BCUT2D eigenvalue weighted by Gasteiger charge is -2.13. The molecule has 32 heavy (non-hydrogen) atoms. The van der Waals surface area contributed by atoms with Crippen LogP contribution < -0.4 is 10.6 Å². The van der Waals surface area contributed by atoms with Gasteiger partial charge in [-0.05, 0) is 70.4 Å². The van der Waals surface area contributed by atoms with Crippen molar-refractivity contribution in [3.63, 3.8) is 0 Å². The third-order valence-corrected chi connectivity index (χ3v) is 5.37. The van der Waals surface area contributed by atoms with E-state index in [-0.39, 0.29) is 11.4 Å². The number of hydrogen-bond donors (Lipinski definition) is 2. The van der Waals surface area contributed by atoms with Gasteiger partial charge in [-0.15, -0.1) is 0 Å². The first-order chi connectivity index (χ1) is 15.2. The number of nitro groups is 1. The minimum atomic E-state index is -0.595. The maximum absolute atomic E-state index is 13.1. The van der Waals surface area contributed by atoms with Gasteiger partial charge in [0, 0.05) is 27.3 Å². The van der Waals surface area contributed by atoms with E-state index in [2.05, 4.69) is 26.6 Å². The minimum absolute atomic E-state index is 0.0828. The highest BCUT2D eigenvalue weighted by atomic mass is 79.9. The van der Waals surface area contributed by atoms with Crippen molar-refractivity contribution < 1.29 is 14.5 Å². The van der Waals surface area contributed by atoms with Gasteiger partial charge in [0.1, 0.15) is 5.70 Å². The highest BCUT2D eigenvalue weighted by molar-refractivity contribution is 9.10. The van der Waals surface area contributed by atoms with Gasteiger partial charge in [0.2, 0.25) is 0 Å². The molecule has 3 rings (SSSR count). The number of nitrogens with one attached hydrogen (secondary N) is 2. The molecule has 2 amide bonds. The Hall–Kier alpha value is -3.49. The molecule has 0 heterocycles. The Morgan fingerprint density at radius 2 is 1.81 bits per heavy atom. The van der Waals surface area contributed by atoms with Crippen LogP contribution in [-0.2, 0) is 4.79 Å². The fraction of sp³-hybridized carbons (Fsp3) is 0.0435. The van der Waals surface area contributed by atoms with E-state index in [0.717, 1.165) is 5.56 Å². The van der Waals surface area contributed by atoms with E-state index in [1.54, 1.807) is 55.5 Å². The number of nitrogens with zero attached hydrogens (tertiary/aromatic N) is 1. The number of carbonyl (C=O) groups excluding carboxylic acids is 2. The summed E-state index contributed by atoms with van der Waals surface area (Å²) in [6.45, 7) is 1.78. The molecule has 0 unspecified atom stereocenters. The fourth-order valence-corrected chi connectivity index (χ4v) is 3.54. The zero-order valence-corrected chi connectivity index (χ0v) is 19.1. The molecule has 9 heteroatoms. The molecule has 0 aliphatic heterocycles. The number of anilines is 1. The summed E-state index contributed by atoms with van der Waals surface area (Å²) in [6, 6.07) is 17.5. The number of rotatable bonds is 6. The van der Waals surface area contributed by atoms with Crippen LogP contribution in [0, 0.1) is 17.0 Å².